The van der Waals surface area contributed by atoms with Crippen LogP contribution < -0.4 is 4.74 Å². The third kappa shape index (κ3) is 2.96. The molecule has 5 rings (SSSR count). The van der Waals surface area contributed by atoms with Gasteiger partial charge in [0.25, 0.3) is 0 Å². The lowest BCUT2D eigenvalue weighted by Crippen LogP contribution is -2.27. The summed E-state index contributed by atoms with van der Waals surface area (Å²) in [6.45, 7) is 3.34. The van der Waals surface area contributed by atoms with Crippen molar-refractivity contribution in [2.75, 3.05) is 13.2 Å². The third-order valence-corrected chi connectivity index (χ3v) is 6.16. The summed E-state index contributed by atoms with van der Waals surface area (Å²) >= 11 is 3.60. The zero-order chi connectivity index (χ0) is 18.4. The van der Waals surface area contributed by atoms with Gasteiger partial charge in [0.1, 0.15) is 11.5 Å². The number of nitrogens with zero attached hydrogens (tertiary/aromatic N) is 1. The summed E-state index contributed by atoms with van der Waals surface area (Å²) in [7, 11) is 0. The number of rotatable bonds is 5. The van der Waals surface area contributed by atoms with E-state index in [1.807, 2.05) is 12.1 Å². The first kappa shape index (κ1) is 17.2. The van der Waals surface area contributed by atoms with E-state index in [1.165, 1.54) is 27.5 Å². The first-order valence-electron chi connectivity index (χ1n) is 9.63. The predicted molar refractivity (Wildman–Crippen MR) is 112 cm³/mol. The molecule has 0 saturated carbocycles. The first-order chi connectivity index (χ1) is 13.2. The Kier molecular flexibility index (Phi) is 4.43. The summed E-state index contributed by atoms with van der Waals surface area (Å²) in [5.41, 5.74) is 5.21. The smallest absolute Gasteiger partial charge is 0.135 e. The SMILES string of the molecule is OCCCCCN1Cc2ccc3c4c(ccc(c24)C1)-c1cc(Br)ccc1O3. The van der Waals surface area contributed by atoms with Crippen molar-refractivity contribution in [2.45, 2.75) is 32.4 Å². The van der Waals surface area contributed by atoms with E-state index in [0.29, 0.717) is 6.61 Å². The number of aliphatic hydroxyl groups excluding tert-OH is 1. The molecule has 3 nitrogen and oxygen atoms in total. The van der Waals surface area contributed by atoms with Crippen molar-refractivity contribution >= 4 is 26.7 Å². The van der Waals surface area contributed by atoms with Crippen molar-refractivity contribution in [3.8, 4) is 22.6 Å². The van der Waals surface area contributed by atoms with Gasteiger partial charge in [-0.25, -0.2) is 0 Å². The lowest BCUT2D eigenvalue weighted by atomic mass is 9.88. The van der Waals surface area contributed by atoms with Crippen molar-refractivity contribution in [1.29, 1.82) is 0 Å². The molecule has 0 atom stereocenters. The number of hydrogen-bond acceptors (Lipinski definition) is 3. The Morgan fingerprint density at radius 2 is 1.63 bits per heavy atom. The highest BCUT2D eigenvalue weighted by molar-refractivity contribution is 9.10. The van der Waals surface area contributed by atoms with Crippen LogP contribution in [0.2, 0.25) is 0 Å². The molecule has 0 saturated heterocycles. The molecular weight excluding hydrogens is 402 g/mol. The van der Waals surface area contributed by atoms with Crippen LogP contribution in [-0.2, 0) is 13.1 Å². The van der Waals surface area contributed by atoms with Gasteiger partial charge in [-0.05, 0) is 72.1 Å². The fourth-order valence-corrected chi connectivity index (χ4v) is 4.79. The fourth-order valence-electron chi connectivity index (χ4n) is 4.42. The Morgan fingerprint density at radius 3 is 2.44 bits per heavy atom. The number of hydrogen-bond donors (Lipinski definition) is 1. The van der Waals surface area contributed by atoms with E-state index < -0.39 is 0 Å². The summed E-state index contributed by atoms with van der Waals surface area (Å²) in [4.78, 5) is 2.52. The van der Waals surface area contributed by atoms with Crippen LogP contribution >= 0.6 is 15.9 Å². The van der Waals surface area contributed by atoms with Gasteiger partial charge in [0, 0.05) is 35.1 Å². The Balaban J connectivity index is 1.55. The lowest BCUT2D eigenvalue weighted by Gasteiger charge is -2.32. The van der Waals surface area contributed by atoms with Gasteiger partial charge in [0.05, 0.1) is 0 Å². The van der Waals surface area contributed by atoms with Crippen LogP contribution in [0.15, 0.2) is 46.9 Å². The minimum absolute atomic E-state index is 0.297. The predicted octanol–water partition coefficient (Wildman–Crippen LogP) is 5.85. The number of ether oxygens (including phenoxy) is 1. The molecule has 0 aromatic heterocycles. The second-order valence-corrected chi connectivity index (χ2v) is 8.40. The van der Waals surface area contributed by atoms with E-state index in [0.717, 1.165) is 60.4 Å². The highest BCUT2D eigenvalue weighted by Crippen LogP contribution is 2.49. The molecule has 0 radical (unpaired) electrons. The maximum absolute atomic E-state index is 8.97. The topological polar surface area (TPSA) is 32.7 Å². The van der Waals surface area contributed by atoms with Crippen LogP contribution in [0.5, 0.6) is 11.5 Å². The summed E-state index contributed by atoms with van der Waals surface area (Å²) < 4.78 is 7.32. The highest BCUT2D eigenvalue weighted by atomic mass is 79.9. The molecule has 2 aliphatic heterocycles. The number of halogens is 1. The highest BCUT2D eigenvalue weighted by Gasteiger charge is 2.26. The second-order valence-electron chi connectivity index (χ2n) is 7.48. The Morgan fingerprint density at radius 1 is 0.852 bits per heavy atom. The van der Waals surface area contributed by atoms with Crippen molar-refractivity contribution in [2.24, 2.45) is 0 Å². The largest absolute Gasteiger partial charge is 0.456 e. The van der Waals surface area contributed by atoms with Crippen molar-refractivity contribution < 1.29 is 9.84 Å². The van der Waals surface area contributed by atoms with Gasteiger partial charge in [-0.2, -0.15) is 0 Å². The van der Waals surface area contributed by atoms with E-state index in [1.54, 1.807) is 0 Å². The van der Waals surface area contributed by atoms with Crippen LogP contribution in [0, 0.1) is 0 Å². The standard InChI is InChI=1S/C23H22BrNO2/c24-17-6-9-20-19(12-17)18-7-4-15-13-25(10-2-1-3-11-26)14-16-5-8-21(27-20)23(18)22(15)16/h4-9,12,26H,1-3,10-11,13-14H2. The molecule has 27 heavy (non-hydrogen) atoms. The molecular formula is C23H22BrNO2. The van der Waals surface area contributed by atoms with Gasteiger partial charge in [0.2, 0.25) is 0 Å². The average Bonchev–Trinajstić information content (AvgIpc) is 2.69. The molecule has 0 amide bonds. The van der Waals surface area contributed by atoms with Crippen molar-refractivity contribution in [3.63, 3.8) is 0 Å². The maximum Gasteiger partial charge on any atom is 0.135 e. The number of unbranched alkanes of at least 4 members (excludes halogenated alkanes) is 2. The van der Waals surface area contributed by atoms with Gasteiger partial charge in [0.15, 0.2) is 0 Å². The molecule has 4 heteroatoms. The van der Waals surface area contributed by atoms with Crippen molar-refractivity contribution in [1.82, 2.24) is 4.90 Å². The van der Waals surface area contributed by atoms with E-state index in [4.69, 9.17) is 9.84 Å². The van der Waals surface area contributed by atoms with Crippen LogP contribution in [0.1, 0.15) is 30.4 Å². The van der Waals surface area contributed by atoms with Gasteiger partial charge in [-0.1, -0.05) is 34.1 Å². The average molecular weight is 424 g/mol. The molecule has 3 aromatic rings. The molecule has 0 bridgehead atoms. The molecule has 2 heterocycles. The Hall–Kier alpha value is -1.88. The minimum Gasteiger partial charge on any atom is -0.456 e. The number of fused-ring (bicyclic) bond motifs is 2. The number of aliphatic hydroxyl groups is 1. The van der Waals surface area contributed by atoms with Gasteiger partial charge in [-0.3, -0.25) is 4.90 Å². The molecule has 3 aromatic carbocycles. The van der Waals surface area contributed by atoms with Gasteiger partial charge >= 0.3 is 0 Å². The fraction of sp³-hybridized carbons (Fsp3) is 0.304. The van der Waals surface area contributed by atoms with Crippen LogP contribution in [0.3, 0.4) is 0 Å². The number of benzene rings is 3. The second kappa shape index (κ2) is 6.93. The normalized spacial score (nSPS) is 14.9. The van der Waals surface area contributed by atoms with Crippen LogP contribution in [0.4, 0.5) is 0 Å². The quantitative estimate of drug-likeness (QED) is 0.408. The zero-order valence-electron chi connectivity index (χ0n) is 15.2. The van der Waals surface area contributed by atoms with Gasteiger partial charge < -0.3 is 9.84 Å². The molecule has 0 spiro atoms. The molecule has 0 fully saturated rings. The molecule has 0 aliphatic carbocycles. The summed E-state index contributed by atoms with van der Waals surface area (Å²) in [5.74, 6) is 1.90. The summed E-state index contributed by atoms with van der Waals surface area (Å²) in [6.07, 6.45) is 3.13. The van der Waals surface area contributed by atoms with E-state index >= 15 is 0 Å². The molecule has 138 valence electrons. The maximum atomic E-state index is 8.97. The van der Waals surface area contributed by atoms with Gasteiger partial charge in [-0.15, -0.1) is 0 Å². The minimum atomic E-state index is 0.297. The van der Waals surface area contributed by atoms with E-state index in [9.17, 15) is 0 Å². The van der Waals surface area contributed by atoms with E-state index in [2.05, 4.69) is 51.2 Å². The third-order valence-electron chi connectivity index (χ3n) is 5.67. The first-order valence-corrected chi connectivity index (χ1v) is 10.4. The Labute approximate surface area is 167 Å². The lowest BCUT2D eigenvalue weighted by molar-refractivity contribution is 0.237. The molecule has 0 unspecified atom stereocenters. The zero-order valence-corrected chi connectivity index (χ0v) is 16.8. The summed E-state index contributed by atoms with van der Waals surface area (Å²) in [6, 6.07) is 15.1. The molecule has 2 aliphatic rings. The van der Waals surface area contributed by atoms with Crippen molar-refractivity contribution in [3.05, 3.63) is 58.1 Å². The monoisotopic (exact) mass is 423 g/mol. The molecule has 1 N–H and O–H groups in total. The van der Waals surface area contributed by atoms with Crippen LogP contribution in [-0.4, -0.2) is 23.2 Å². The van der Waals surface area contributed by atoms with Crippen LogP contribution in [0.25, 0.3) is 21.9 Å². The Bertz CT molecular complexity index is 1020. The van der Waals surface area contributed by atoms with E-state index in [-0.39, 0.29) is 0 Å². The summed E-state index contributed by atoms with van der Waals surface area (Å²) in [5, 5.41) is 11.6.